The summed E-state index contributed by atoms with van der Waals surface area (Å²) in [6, 6.07) is 8.28. The van der Waals surface area contributed by atoms with Crippen molar-refractivity contribution >= 4 is 27.5 Å². The largest absolute Gasteiger partial charge is 0.438 e. The van der Waals surface area contributed by atoms with E-state index in [1.807, 2.05) is 17.5 Å². The highest BCUT2D eigenvalue weighted by Crippen LogP contribution is 2.32. The van der Waals surface area contributed by atoms with Gasteiger partial charge in [-0.2, -0.15) is 4.98 Å². The predicted octanol–water partition coefficient (Wildman–Crippen LogP) is 3.94. The van der Waals surface area contributed by atoms with Gasteiger partial charge in [0.2, 0.25) is 11.8 Å². The lowest BCUT2D eigenvalue weighted by Gasteiger charge is -2.16. The highest BCUT2D eigenvalue weighted by molar-refractivity contribution is 7.16. The Morgan fingerprint density at radius 2 is 1.90 bits per heavy atom. The van der Waals surface area contributed by atoms with Gasteiger partial charge in [-0.05, 0) is 60.4 Å². The first-order valence-corrected chi connectivity index (χ1v) is 7.98. The number of aryl methyl sites for hydroxylation is 2. The predicted molar refractivity (Wildman–Crippen MR) is 85.0 cm³/mol. The average Bonchev–Trinajstić information content (AvgIpc) is 2.95. The van der Waals surface area contributed by atoms with Crippen LogP contribution in [-0.2, 0) is 12.8 Å². The Labute approximate surface area is 126 Å². The molecule has 2 N–H and O–H groups in total. The van der Waals surface area contributed by atoms with Gasteiger partial charge in [-0.1, -0.05) is 6.07 Å². The average molecular weight is 297 g/mol. The lowest BCUT2D eigenvalue weighted by Crippen LogP contribution is -2.03. The van der Waals surface area contributed by atoms with E-state index in [0.29, 0.717) is 5.88 Å². The third-order valence-electron chi connectivity index (χ3n) is 3.84. The van der Waals surface area contributed by atoms with Crippen molar-refractivity contribution in [2.75, 3.05) is 5.73 Å². The Morgan fingerprint density at radius 1 is 1.05 bits per heavy atom. The maximum absolute atomic E-state index is 5.97. The molecule has 106 valence electrons. The number of nitrogen functional groups attached to an aromatic ring is 1. The van der Waals surface area contributed by atoms with E-state index in [4.69, 9.17) is 10.5 Å². The van der Waals surface area contributed by atoms with E-state index in [0.717, 1.165) is 22.4 Å². The van der Waals surface area contributed by atoms with E-state index >= 15 is 0 Å². The maximum Gasteiger partial charge on any atom is 0.232 e. The fourth-order valence-electron chi connectivity index (χ4n) is 2.81. The molecule has 21 heavy (non-hydrogen) atoms. The Balaban J connectivity index is 1.72. The van der Waals surface area contributed by atoms with Crippen molar-refractivity contribution in [3.63, 3.8) is 0 Å². The summed E-state index contributed by atoms with van der Waals surface area (Å²) in [5, 5.41) is 2.88. The zero-order chi connectivity index (χ0) is 14.2. The number of nitrogens with zero attached hydrogens (tertiary/aromatic N) is 2. The fourth-order valence-corrected chi connectivity index (χ4v) is 3.57. The van der Waals surface area contributed by atoms with Crippen molar-refractivity contribution in [3.05, 3.63) is 40.8 Å². The minimum atomic E-state index is 0.248. The van der Waals surface area contributed by atoms with Crippen LogP contribution in [-0.4, -0.2) is 9.97 Å². The van der Waals surface area contributed by atoms with Crippen LogP contribution >= 0.6 is 11.3 Å². The van der Waals surface area contributed by atoms with Crippen molar-refractivity contribution < 1.29 is 4.74 Å². The Hall–Kier alpha value is -2.14. The summed E-state index contributed by atoms with van der Waals surface area (Å²) >= 11 is 1.54. The van der Waals surface area contributed by atoms with Gasteiger partial charge in [-0.3, -0.25) is 0 Å². The minimum absolute atomic E-state index is 0.248. The van der Waals surface area contributed by atoms with Crippen LogP contribution in [0.1, 0.15) is 24.0 Å². The van der Waals surface area contributed by atoms with Crippen molar-refractivity contribution in [2.45, 2.75) is 25.7 Å². The van der Waals surface area contributed by atoms with Crippen LogP contribution in [0.5, 0.6) is 11.6 Å². The zero-order valence-corrected chi connectivity index (χ0v) is 12.3. The standard InChI is InChI=1S/C16H15N3OS/c17-16-18-14(13-7-8-21-15(13)19-16)20-12-6-5-10-3-1-2-4-11(10)9-12/h5-9H,1-4H2,(H2,17,18,19). The number of fused-ring (bicyclic) bond motifs is 2. The fraction of sp³-hybridized carbons (Fsp3) is 0.250. The number of hydrogen-bond acceptors (Lipinski definition) is 5. The number of thiophene rings is 1. The smallest absolute Gasteiger partial charge is 0.232 e. The summed E-state index contributed by atoms with van der Waals surface area (Å²) in [5.74, 6) is 1.61. The molecule has 0 unspecified atom stereocenters. The molecule has 2 aromatic heterocycles. The molecule has 0 spiro atoms. The first kappa shape index (κ1) is 12.6. The van der Waals surface area contributed by atoms with Gasteiger partial charge in [0.25, 0.3) is 0 Å². The Morgan fingerprint density at radius 3 is 2.81 bits per heavy atom. The molecule has 0 fully saturated rings. The Kier molecular flexibility index (Phi) is 3.00. The molecule has 1 aliphatic carbocycles. The molecule has 0 atom stereocenters. The lowest BCUT2D eigenvalue weighted by molar-refractivity contribution is 0.467. The molecule has 0 saturated carbocycles. The Bertz CT molecular complexity index is 812. The molecule has 5 heteroatoms. The number of anilines is 1. The van der Waals surface area contributed by atoms with Crippen LogP contribution in [0.4, 0.5) is 5.95 Å². The van der Waals surface area contributed by atoms with Gasteiger partial charge in [0.05, 0.1) is 5.39 Å². The molecule has 4 nitrogen and oxygen atoms in total. The summed E-state index contributed by atoms with van der Waals surface area (Å²) in [5.41, 5.74) is 8.59. The molecule has 3 aromatic rings. The summed E-state index contributed by atoms with van der Waals surface area (Å²) in [6.45, 7) is 0. The molecule has 1 aromatic carbocycles. The quantitative estimate of drug-likeness (QED) is 0.778. The van der Waals surface area contributed by atoms with Gasteiger partial charge in [0.1, 0.15) is 10.6 Å². The molecular weight excluding hydrogens is 282 g/mol. The van der Waals surface area contributed by atoms with Crippen LogP contribution in [0.15, 0.2) is 29.6 Å². The van der Waals surface area contributed by atoms with Crippen molar-refractivity contribution in [1.82, 2.24) is 9.97 Å². The molecule has 2 heterocycles. The van der Waals surface area contributed by atoms with Crippen LogP contribution in [0.3, 0.4) is 0 Å². The third kappa shape index (κ3) is 2.34. The molecule has 0 bridgehead atoms. The molecule has 0 saturated heterocycles. The van der Waals surface area contributed by atoms with Crippen LogP contribution in [0, 0.1) is 0 Å². The van der Waals surface area contributed by atoms with Gasteiger partial charge in [0, 0.05) is 0 Å². The summed E-state index contributed by atoms with van der Waals surface area (Å²) in [6.07, 6.45) is 4.84. The first-order chi connectivity index (χ1) is 10.3. The van der Waals surface area contributed by atoms with Crippen LogP contribution in [0.2, 0.25) is 0 Å². The number of benzene rings is 1. The number of aromatic nitrogens is 2. The van der Waals surface area contributed by atoms with Gasteiger partial charge >= 0.3 is 0 Å². The molecular formula is C16H15N3OS. The molecule has 0 amide bonds. The summed E-state index contributed by atoms with van der Waals surface area (Å²) in [7, 11) is 0. The summed E-state index contributed by atoms with van der Waals surface area (Å²) in [4.78, 5) is 9.30. The monoisotopic (exact) mass is 297 g/mol. The normalized spacial score (nSPS) is 14.1. The zero-order valence-electron chi connectivity index (χ0n) is 11.5. The molecule has 4 rings (SSSR count). The number of ether oxygens (including phenoxy) is 1. The highest BCUT2D eigenvalue weighted by Gasteiger charge is 2.13. The number of nitrogens with two attached hydrogens (primary N) is 1. The van der Waals surface area contributed by atoms with Crippen LogP contribution < -0.4 is 10.5 Å². The lowest BCUT2D eigenvalue weighted by atomic mass is 9.92. The topological polar surface area (TPSA) is 61.0 Å². The number of rotatable bonds is 2. The van der Waals surface area contributed by atoms with Crippen LogP contribution in [0.25, 0.3) is 10.2 Å². The van der Waals surface area contributed by atoms with Gasteiger partial charge in [-0.15, -0.1) is 11.3 Å². The second-order valence-corrected chi connectivity index (χ2v) is 6.16. The van der Waals surface area contributed by atoms with E-state index in [-0.39, 0.29) is 5.95 Å². The third-order valence-corrected chi connectivity index (χ3v) is 4.65. The SMILES string of the molecule is Nc1nc(Oc2ccc3c(c2)CCCC3)c2ccsc2n1. The first-order valence-electron chi connectivity index (χ1n) is 7.10. The molecule has 1 aliphatic rings. The summed E-state index contributed by atoms with van der Waals surface area (Å²) < 4.78 is 5.97. The van der Waals surface area contributed by atoms with Gasteiger partial charge in [0.15, 0.2) is 0 Å². The van der Waals surface area contributed by atoms with E-state index in [1.165, 1.54) is 41.7 Å². The second-order valence-electron chi connectivity index (χ2n) is 5.27. The molecule has 0 aliphatic heterocycles. The van der Waals surface area contributed by atoms with Crippen molar-refractivity contribution in [2.24, 2.45) is 0 Å². The van der Waals surface area contributed by atoms with Gasteiger partial charge in [-0.25, -0.2) is 4.98 Å². The second kappa shape index (κ2) is 5.00. The molecule has 0 radical (unpaired) electrons. The minimum Gasteiger partial charge on any atom is -0.438 e. The van der Waals surface area contributed by atoms with Crippen molar-refractivity contribution in [3.8, 4) is 11.6 Å². The van der Waals surface area contributed by atoms with E-state index in [9.17, 15) is 0 Å². The van der Waals surface area contributed by atoms with E-state index in [2.05, 4.69) is 22.1 Å². The van der Waals surface area contributed by atoms with Crippen molar-refractivity contribution in [1.29, 1.82) is 0 Å². The van der Waals surface area contributed by atoms with Gasteiger partial charge < -0.3 is 10.5 Å². The van der Waals surface area contributed by atoms with E-state index < -0.39 is 0 Å². The van der Waals surface area contributed by atoms with E-state index in [1.54, 1.807) is 0 Å². The number of hydrogen-bond donors (Lipinski definition) is 1. The highest BCUT2D eigenvalue weighted by atomic mass is 32.1. The maximum atomic E-state index is 5.97.